The van der Waals surface area contributed by atoms with E-state index in [1.807, 2.05) is 33.8 Å². The number of carboxylic acid groups (broad SMARTS) is 1. The number of ether oxygens (including phenoxy) is 1. The van der Waals surface area contributed by atoms with Crippen LogP contribution in [-0.2, 0) is 17.8 Å². The Kier molecular flexibility index (Phi) is 7.62. The molecule has 9 heteroatoms. The highest BCUT2D eigenvalue weighted by molar-refractivity contribution is 6.02. The first-order valence-corrected chi connectivity index (χ1v) is 11.6. The number of rotatable bonds is 8. The molecule has 0 fully saturated rings. The van der Waals surface area contributed by atoms with Crippen molar-refractivity contribution in [1.29, 1.82) is 0 Å². The Morgan fingerprint density at radius 1 is 1.14 bits per heavy atom. The van der Waals surface area contributed by atoms with E-state index in [9.17, 15) is 34.8 Å². The van der Waals surface area contributed by atoms with Crippen molar-refractivity contribution >= 4 is 17.8 Å². The van der Waals surface area contributed by atoms with Crippen LogP contribution >= 0.6 is 0 Å². The van der Waals surface area contributed by atoms with Gasteiger partial charge in [0.2, 0.25) is 0 Å². The molecule has 1 aliphatic heterocycles. The summed E-state index contributed by atoms with van der Waals surface area (Å²) in [6, 6.07) is 2.57. The van der Waals surface area contributed by atoms with Crippen LogP contribution in [-0.4, -0.2) is 49.2 Å². The molecule has 1 heterocycles. The zero-order valence-electron chi connectivity index (χ0n) is 21.0. The molecular weight excluding hydrogens is 466 g/mol. The van der Waals surface area contributed by atoms with E-state index in [0.717, 1.165) is 11.6 Å². The van der Waals surface area contributed by atoms with Crippen molar-refractivity contribution < 1.29 is 39.5 Å². The van der Waals surface area contributed by atoms with Crippen molar-refractivity contribution in [3.05, 3.63) is 57.7 Å². The predicted molar refractivity (Wildman–Crippen MR) is 131 cm³/mol. The average Bonchev–Trinajstić information content (AvgIpc) is 3.07. The van der Waals surface area contributed by atoms with Crippen LogP contribution in [0.1, 0.15) is 71.5 Å². The Hall–Kier alpha value is -4.01. The van der Waals surface area contributed by atoms with E-state index in [-0.39, 0.29) is 70.4 Å². The maximum Gasteiger partial charge on any atom is 0.347 e. The van der Waals surface area contributed by atoms with Crippen molar-refractivity contribution in [3.8, 4) is 23.0 Å². The lowest BCUT2D eigenvalue weighted by Crippen LogP contribution is -2.42. The van der Waals surface area contributed by atoms with E-state index in [1.54, 1.807) is 0 Å². The summed E-state index contributed by atoms with van der Waals surface area (Å²) in [6.07, 6.45) is 2.24. The second-order valence-corrected chi connectivity index (χ2v) is 9.68. The molecule has 4 N–H and O–H groups in total. The first-order chi connectivity index (χ1) is 16.8. The van der Waals surface area contributed by atoms with Gasteiger partial charge in [0.1, 0.15) is 34.6 Å². The Bertz CT molecular complexity index is 1230. The average molecular weight is 498 g/mol. The van der Waals surface area contributed by atoms with Gasteiger partial charge in [0, 0.05) is 17.2 Å². The summed E-state index contributed by atoms with van der Waals surface area (Å²) in [4.78, 5) is 39.4. The van der Waals surface area contributed by atoms with Gasteiger partial charge < -0.3 is 30.1 Å². The molecule has 2 aromatic rings. The summed E-state index contributed by atoms with van der Waals surface area (Å²) < 4.78 is 5.57. The van der Waals surface area contributed by atoms with E-state index >= 15 is 0 Å². The second-order valence-electron chi connectivity index (χ2n) is 9.68. The predicted octanol–water partition coefficient (Wildman–Crippen LogP) is 4.29. The topological polar surface area (TPSA) is 145 Å². The fourth-order valence-electron chi connectivity index (χ4n) is 4.30. The van der Waals surface area contributed by atoms with Crippen LogP contribution in [0.5, 0.6) is 23.0 Å². The highest BCUT2D eigenvalue weighted by Crippen LogP contribution is 2.41. The molecule has 0 saturated carbocycles. The summed E-state index contributed by atoms with van der Waals surface area (Å²) >= 11 is 0. The number of aryl methyl sites for hydroxylation is 1. The van der Waals surface area contributed by atoms with Crippen LogP contribution in [0, 0.1) is 12.8 Å². The van der Waals surface area contributed by atoms with E-state index in [4.69, 9.17) is 4.74 Å². The fraction of sp³-hybridized carbons (Fsp3) is 0.370. The van der Waals surface area contributed by atoms with Gasteiger partial charge in [-0.25, -0.2) is 9.59 Å². The zero-order valence-corrected chi connectivity index (χ0v) is 21.0. The van der Waals surface area contributed by atoms with Gasteiger partial charge in [-0.1, -0.05) is 25.5 Å². The number of phenols is 3. The third kappa shape index (κ3) is 5.30. The van der Waals surface area contributed by atoms with Gasteiger partial charge in [0.15, 0.2) is 0 Å². The quantitative estimate of drug-likeness (QED) is 0.240. The maximum absolute atomic E-state index is 13.2. The van der Waals surface area contributed by atoms with Crippen molar-refractivity contribution in [2.45, 2.75) is 60.0 Å². The fourth-order valence-corrected chi connectivity index (χ4v) is 4.30. The number of aliphatic carboxylic acids is 1. The number of allylic oxidation sites excluding steroid dienone is 2. The Morgan fingerprint density at radius 2 is 1.81 bits per heavy atom. The van der Waals surface area contributed by atoms with Crippen molar-refractivity contribution in [1.82, 2.24) is 4.90 Å². The third-order valence-electron chi connectivity index (χ3n) is 6.07. The van der Waals surface area contributed by atoms with Crippen LogP contribution < -0.4 is 4.74 Å². The van der Waals surface area contributed by atoms with E-state index in [0.29, 0.717) is 0 Å². The third-order valence-corrected chi connectivity index (χ3v) is 6.07. The second kappa shape index (κ2) is 10.3. The van der Waals surface area contributed by atoms with E-state index < -0.39 is 29.6 Å². The SMILES string of the molecule is CC(C)=CCc1c(OC(=O)c2c(C)cc(O)cc2O)cc2c(c1O)CN([C@@H](CC(C)C)C(=O)O)C2=O. The summed E-state index contributed by atoms with van der Waals surface area (Å²) in [5, 5.41) is 40.7. The molecule has 0 spiro atoms. The first kappa shape index (κ1) is 26.6. The molecule has 0 unspecified atom stereocenters. The normalized spacial score (nSPS) is 13.5. The largest absolute Gasteiger partial charge is 0.508 e. The van der Waals surface area contributed by atoms with Gasteiger partial charge in [0.05, 0.1) is 12.1 Å². The Balaban J connectivity index is 2.09. The van der Waals surface area contributed by atoms with Crippen LogP contribution in [0.2, 0.25) is 0 Å². The number of phenolic OH excluding ortho intramolecular Hbond substituents is 3. The summed E-state index contributed by atoms with van der Waals surface area (Å²) in [5.74, 6) is -3.66. The maximum atomic E-state index is 13.2. The van der Waals surface area contributed by atoms with Crippen molar-refractivity contribution in [3.63, 3.8) is 0 Å². The molecule has 1 amide bonds. The minimum absolute atomic E-state index is 0.0159. The Labute approximate surface area is 209 Å². The molecule has 0 aromatic heterocycles. The molecular formula is C27H31NO8. The Morgan fingerprint density at radius 3 is 2.36 bits per heavy atom. The molecule has 1 atom stereocenters. The lowest BCUT2D eigenvalue weighted by atomic mass is 9.99. The van der Waals surface area contributed by atoms with Crippen LogP contribution in [0.4, 0.5) is 0 Å². The molecule has 36 heavy (non-hydrogen) atoms. The lowest BCUT2D eigenvalue weighted by Gasteiger charge is -2.25. The number of esters is 1. The molecule has 0 aliphatic carbocycles. The van der Waals surface area contributed by atoms with Gasteiger partial charge in [0.25, 0.3) is 5.91 Å². The number of fused-ring (bicyclic) bond motifs is 1. The zero-order chi connectivity index (χ0) is 26.9. The van der Waals surface area contributed by atoms with Gasteiger partial charge in [-0.05, 0) is 57.2 Å². The van der Waals surface area contributed by atoms with Crippen LogP contribution in [0.25, 0.3) is 0 Å². The van der Waals surface area contributed by atoms with Gasteiger partial charge in [-0.2, -0.15) is 0 Å². The standard InChI is InChI=1S/C27H31NO8/c1-13(2)6-7-17-22(36-27(35)23-15(5)9-16(29)10-21(23)30)11-18-19(24(17)31)12-28(25(18)32)20(26(33)34)8-14(3)4/h6,9-11,14,20,29-31H,7-8,12H2,1-5H3,(H,33,34)/t20-/m0/s1. The first-order valence-electron chi connectivity index (χ1n) is 11.6. The van der Waals surface area contributed by atoms with Gasteiger partial charge >= 0.3 is 11.9 Å². The summed E-state index contributed by atoms with van der Waals surface area (Å²) in [6.45, 7) is 8.87. The van der Waals surface area contributed by atoms with E-state index in [1.165, 1.54) is 24.0 Å². The van der Waals surface area contributed by atoms with Crippen LogP contribution in [0.15, 0.2) is 29.8 Å². The molecule has 2 aromatic carbocycles. The summed E-state index contributed by atoms with van der Waals surface area (Å²) in [7, 11) is 0. The van der Waals surface area contributed by atoms with Crippen molar-refractivity contribution in [2.24, 2.45) is 5.92 Å². The number of carboxylic acids is 1. The number of carbonyl (C=O) groups excluding carboxylic acids is 2. The molecule has 3 rings (SSSR count). The minimum atomic E-state index is -1.14. The number of aromatic hydroxyl groups is 3. The smallest absolute Gasteiger partial charge is 0.347 e. The molecule has 9 nitrogen and oxygen atoms in total. The number of benzene rings is 2. The number of hydrogen-bond acceptors (Lipinski definition) is 7. The van der Waals surface area contributed by atoms with Gasteiger partial charge in [-0.15, -0.1) is 0 Å². The lowest BCUT2D eigenvalue weighted by molar-refractivity contribution is -0.143. The highest BCUT2D eigenvalue weighted by Gasteiger charge is 2.39. The van der Waals surface area contributed by atoms with Crippen LogP contribution in [0.3, 0.4) is 0 Å². The number of nitrogens with zero attached hydrogens (tertiary/aromatic N) is 1. The molecule has 1 aliphatic rings. The number of hydrogen-bond donors (Lipinski definition) is 4. The molecule has 0 bridgehead atoms. The van der Waals surface area contributed by atoms with Gasteiger partial charge in [-0.3, -0.25) is 4.79 Å². The molecule has 0 saturated heterocycles. The number of amides is 1. The van der Waals surface area contributed by atoms with Crippen molar-refractivity contribution in [2.75, 3.05) is 0 Å². The minimum Gasteiger partial charge on any atom is -0.508 e. The molecule has 0 radical (unpaired) electrons. The highest BCUT2D eigenvalue weighted by atomic mass is 16.5. The summed E-state index contributed by atoms with van der Waals surface area (Å²) in [5.41, 5.74) is 1.63. The van der Waals surface area contributed by atoms with E-state index in [2.05, 4.69) is 0 Å². The number of carbonyl (C=O) groups is 3. The molecule has 192 valence electrons. The monoisotopic (exact) mass is 497 g/mol.